The second-order valence-corrected chi connectivity index (χ2v) is 10.2. The Morgan fingerprint density at radius 3 is 2.42 bits per heavy atom. The van der Waals surface area contributed by atoms with Gasteiger partial charge < -0.3 is 24.1 Å². The molecule has 3 aromatic carbocycles. The van der Waals surface area contributed by atoms with Crippen molar-refractivity contribution in [2.75, 3.05) is 25.6 Å². The predicted octanol–water partition coefficient (Wildman–Crippen LogP) is 6.44. The molecular weight excluding hydrogens is 548 g/mol. The number of rotatable bonds is 8. The first-order chi connectivity index (χ1) is 18.3. The molecule has 5 rings (SSSR count). The lowest BCUT2D eigenvalue weighted by molar-refractivity contribution is -0.130. The normalized spacial score (nSPS) is 15.4. The first-order valence-corrected chi connectivity index (χ1v) is 13.0. The third-order valence-corrected chi connectivity index (χ3v) is 7.06. The van der Waals surface area contributed by atoms with E-state index in [1.165, 1.54) is 4.90 Å². The average molecular weight is 575 g/mol. The summed E-state index contributed by atoms with van der Waals surface area (Å²) in [5.74, 6) is -0.912. The number of furan rings is 1. The third-order valence-electron chi connectivity index (χ3n) is 6.56. The molecule has 1 aliphatic rings. The number of ether oxygens (including phenoxy) is 1. The van der Waals surface area contributed by atoms with Crippen molar-refractivity contribution in [2.24, 2.45) is 0 Å². The largest absolute Gasteiger partial charge is 0.503 e. The number of halogens is 1. The summed E-state index contributed by atoms with van der Waals surface area (Å²) in [5.41, 5.74) is 3.06. The van der Waals surface area contributed by atoms with Gasteiger partial charge in [-0.15, -0.1) is 0 Å². The topological polar surface area (TPSA) is 83.2 Å². The van der Waals surface area contributed by atoms with E-state index in [0.29, 0.717) is 17.8 Å². The van der Waals surface area contributed by atoms with Crippen molar-refractivity contribution < 1.29 is 23.8 Å². The lowest BCUT2D eigenvalue weighted by atomic mass is 9.94. The van der Waals surface area contributed by atoms with Gasteiger partial charge in [0.15, 0.2) is 11.5 Å². The third kappa shape index (κ3) is 4.79. The van der Waals surface area contributed by atoms with E-state index in [4.69, 9.17) is 9.15 Å². The number of carbonyl (C=O) groups excluding carboxylic acids is 2. The summed E-state index contributed by atoms with van der Waals surface area (Å²) in [7, 11) is 3.87. The smallest absolute Gasteiger partial charge is 0.290 e. The highest BCUT2D eigenvalue weighted by Crippen LogP contribution is 2.41. The van der Waals surface area contributed by atoms with Crippen molar-refractivity contribution in [2.45, 2.75) is 19.5 Å². The summed E-state index contributed by atoms with van der Waals surface area (Å²) in [6.45, 7) is 2.66. The Kier molecular flexibility index (Phi) is 6.99. The van der Waals surface area contributed by atoms with Crippen LogP contribution in [0, 0.1) is 0 Å². The van der Waals surface area contributed by atoms with Crippen LogP contribution in [0.25, 0.3) is 11.0 Å². The van der Waals surface area contributed by atoms with Crippen molar-refractivity contribution in [3.63, 3.8) is 0 Å². The molecule has 38 heavy (non-hydrogen) atoms. The molecular formula is C30H27BrN2O5. The zero-order valence-electron chi connectivity index (χ0n) is 21.3. The van der Waals surface area contributed by atoms with Gasteiger partial charge in [0.05, 0.1) is 18.2 Å². The Balaban J connectivity index is 1.55. The standard InChI is InChI=1S/C30H27BrN2O5/c1-4-37-23-12-5-18(6-13-23)17-33-27(19-7-10-22(11-8-19)32(2)3)26(29(35)30(33)36)28(34)25-16-20-15-21(31)9-14-24(20)38-25/h5-16,27,35H,4,17H2,1-3H3. The first kappa shape index (κ1) is 25.6. The molecule has 0 saturated heterocycles. The van der Waals surface area contributed by atoms with Gasteiger partial charge in [0.25, 0.3) is 5.91 Å². The van der Waals surface area contributed by atoms with Crippen molar-refractivity contribution in [3.05, 3.63) is 105 Å². The van der Waals surface area contributed by atoms with Crippen LogP contribution in [0.2, 0.25) is 0 Å². The molecule has 1 unspecified atom stereocenters. The van der Waals surface area contributed by atoms with Gasteiger partial charge in [0, 0.05) is 36.2 Å². The minimum Gasteiger partial charge on any atom is -0.503 e. The van der Waals surface area contributed by atoms with Crippen LogP contribution in [-0.2, 0) is 11.3 Å². The molecule has 4 aromatic rings. The van der Waals surface area contributed by atoms with Crippen molar-refractivity contribution in [1.29, 1.82) is 0 Å². The molecule has 1 aliphatic heterocycles. The highest BCUT2D eigenvalue weighted by atomic mass is 79.9. The maximum absolute atomic E-state index is 13.8. The number of ketones is 1. The van der Waals surface area contributed by atoms with Gasteiger partial charge in [0.1, 0.15) is 11.3 Å². The molecule has 1 amide bonds. The van der Waals surface area contributed by atoms with E-state index >= 15 is 0 Å². The van der Waals surface area contributed by atoms with E-state index in [9.17, 15) is 14.7 Å². The Bertz CT molecular complexity index is 1540. The van der Waals surface area contributed by atoms with Crippen LogP contribution in [0.3, 0.4) is 0 Å². The highest BCUT2D eigenvalue weighted by Gasteiger charge is 2.44. The second kappa shape index (κ2) is 10.4. The summed E-state index contributed by atoms with van der Waals surface area (Å²) >= 11 is 3.43. The number of nitrogens with zero attached hydrogens (tertiary/aromatic N) is 2. The lowest BCUT2D eigenvalue weighted by Gasteiger charge is -2.27. The van der Waals surface area contributed by atoms with E-state index < -0.39 is 23.5 Å². The molecule has 0 spiro atoms. The lowest BCUT2D eigenvalue weighted by Crippen LogP contribution is -2.30. The van der Waals surface area contributed by atoms with Crippen LogP contribution in [-0.4, -0.2) is 42.4 Å². The van der Waals surface area contributed by atoms with Crippen molar-refractivity contribution in [1.82, 2.24) is 4.90 Å². The zero-order valence-corrected chi connectivity index (χ0v) is 22.9. The molecule has 1 atom stereocenters. The van der Waals surface area contributed by atoms with Gasteiger partial charge in [-0.3, -0.25) is 9.59 Å². The number of hydrogen-bond acceptors (Lipinski definition) is 6. The highest BCUT2D eigenvalue weighted by molar-refractivity contribution is 9.10. The maximum Gasteiger partial charge on any atom is 0.290 e. The summed E-state index contributed by atoms with van der Waals surface area (Å²) in [6, 6.07) is 21.3. The number of carbonyl (C=O) groups is 2. The number of benzene rings is 3. The number of anilines is 1. The van der Waals surface area contributed by atoms with Crippen molar-refractivity contribution in [3.8, 4) is 5.75 Å². The van der Waals surface area contributed by atoms with Crippen LogP contribution >= 0.6 is 15.9 Å². The SMILES string of the molecule is CCOc1ccc(CN2C(=O)C(O)=C(C(=O)c3cc4cc(Br)ccc4o3)C2c2ccc(N(C)C)cc2)cc1. The van der Waals surface area contributed by atoms with Crippen LogP contribution in [0.1, 0.15) is 34.6 Å². The van der Waals surface area contributed by atoms with Gasteiger partial charge in [-0.25, -0.2) is 0 Å². The van der Waals surface area contributed by atoms with Gasteiger partial charge in [-0.1, -0.05) is 40.2 Å². The Labute approximate surface area is 229 Å². The van der Waals surface area contributed by atoms with Crippen LogP contribution < -0.4 is 9.64 Å². The molecule has 0 saturated carbocycles. The van der Waals surface area contributed by atoms with E-state index in [1.807, 2.05) is 86.6 Å². The Hall–Kier alpha value is -4.04. The molecule has 2 heterocycles. The molecule has 0 fully saturated rings. The zero-order chi connectivity index (χ0) is 27.0. The number of aliphatic hydroxyl groups is 1. The van der Waals surface area contributed by atoms with Gasteiger partial charge >= 0.3 is 0 Å². The summed E-state index contributed by atoms with van der Waals surface area (Å²) in [4.78, 5) is 30.7. The average Bonchev–Trinajstić information content (AvgIpc) is 3.44. The predicted molar refractivity (Wildman–Crippen MR) is 150 cm³/mol. The number of amides is 1. The monoisotopic (exact) mass is 574 g/mol. The second-order valence-electron chi connectivity index (χ2n) is 9.28. The maximum atomic E-state index is 13.8. The summed E-state index contributed by atoms with van der Waals surface area (Å²) < 4.78 is 12.2. The molecule has 7 nitrogen and oxygen atoms in total. The minimum absolute atomic E-state index is 0.00309. The summed E-state index contributed by atoms with van der Waals surface area (Å²) in [6.07, 6.45) is 0. The van der Waals surface area contributed by atoms with Gasteiger partial charge in [-0.2, -0.15) is 0 Å². The van der Waals surface area contributed by atoms with Crippen LogP contribution in [0.5, 0.6) is 5.75 Å². The van der Waals surface area contributed by atoms with Crippen LogP contribution in [0.4, 0.5) is 5.69 Å². The molecule has 0 radical (unpaired) electrons. The van der Waals surface area contributed by atoms with E-state index in [-0.39, 0.29) is 17.9 Å². The Morgan fingerprint density at radius 2 is 1.76 bits per heavy atom. The fourth-order valence-electron chi connectivity index (χ4n) is 4.66. The van der Waals surface area contributed by atoms with Gasteiger partial charge in [0.2, 0.25) is 5.78 Å². The van der Waals surface area contributed by atoms with Crippen LogP contribution in [0.15, 0.2) is 93.0 Å². The minimum atomic E-state index is -0.794. The summed E-state index contributed by atoms with van der Waals surface area (Å²) in [5, 5.41) is 11.8. The van der Waals surface area contributed by atoms with Gasteiger partial charge in [-0.05, 0) is 66.6 Å². The van der Waals surface area contributed by atoms with E-state index in [2.05, 4.69) is 15.9 Å². The van der Waals surface area contributed by atoms with E-state index in [1.54, 1.807) is 12.1 Å². The van der Waals surface area contributed by atoms with Crippen molar-refractivity contribution >= 4 is 44.3 Å². The number of hydrogen-bond donors (Lipinski definition) is 1. The molecule has 8 heteroatoms. The number of fused-ring (bicyclic) bond motifs is 1. The van der Waals surface area contributed by atoms with E-state index in [0.717, 1.165) is 26.9 Å². The molecule has 1 N–H and O–H groups in total. The number of aliphatic hydroxyl groups excluding tert-OH is 1. The molecule has 1 aromatic heterocycles. The fraction of sp³-hybridized carbons (Fsp3) is 0.200. The molecule has 0 aliphatic carbocycles. The first-order valence-electron chi connectivity index (χ1n) is 12.2. The number of Topliss-reactive ketones (excluding diaryl/α,β-unsaturated/α-hetero) is 1. The Morgan fingerprint density at radius 1 is 1.05 bits per heavy atom. The molecule has 194 valence electrons. The fourth-order valence-corrected chi connectivity index (χ4v) is 5.04. The molecule has 0 bridgehead atoms. The quantitative estimate of drug-likeness (QED) is 0.244.